The predicted octanol–water partition coefficient (Wildman–Crippen LogP) is 4.70. The third kappa shape index (κ3) is 3.83. The summed E-state index contributed by atoms with van der Waals surface area (Å²) in [6.07, 6.45) is 0. The zero-order valence-electron chi connectivity index (χ0n) is 13.2. The van der Waals surface area contributed by atoms with E-state index in [9.17, 15) is 0 Å². The summed E-state index contributed by atoms with van der Waals surface area (Å²) in [7, 11) is 3.18. The zero-order chi connectivity index (χ0) is 16.9. The van der Waals surface area contributed by atoms with E-state index in [1.807, 2.05) is 30.3 Å². The van der Waals surface area contributed by atoms with Crippen LogP contribution in [0.3, 0.4) is 0 Å². The molecule has 7 heteroatoms. The monoisotopic (exact) mass is 362 g/mol. The maximum absolute atomic E-state index is 5.98. The number of nitrogens with zero attached hydrogens (tertiary/aromatic N) is 2. The van der Waals surface area contributed by atoms with Crippen LogP contribution in [0.1, 0.15) is 5.56 Å². The first-order chi connectivity index (χ1) is 11.7. The quantitative estimate of drug-likeness (QED) is 0.592. The van der Waals surface area contributed by atoms with E-state index >= 15 is 0 Å². The van der Waals surface area contributed by atoms with E-state index in [0.29, 0.717) is 33.4 Å². The van der Waals surface area contributed by atoms with Crippen LogP contribution in [0.4, 0.5) is 0 Å². The van der Waals surface area contributed by atoms with Gasteiger partial charge in [0.2, 0.25) is 5.89 Å². The van der Waals surface area contributed by atoms with Gasteiger partial charge in [0.25, 0.3) is 5.22 Å². The van der Waals surface area contributed by atoms with Crippen molar-refractivity contribution in [2.75, 3.05) is 14.2 Å². The molecule has 0 bridgehead atoms. The van der Waals surface area contributed by atoms with Gasteiger partial charge in [0.1, 0.15) is 0 Å². The van der Waals surface area contributed by atoms with Crippen LogP contribution >= 0.6 is 23.4 Å². The second-order valence-corrected chi connectivity index (χ2v) is 6.22. The van der Waals surface area contributed by atoms with E-state index in [2.05, 4.69) is 10.2 Å². The molecule has 0 spiro atoms. The van der Waals surface area contributed by atoms with Crippen LogP contribution in [0.2, 0.25) is 5.02 Å². The first-order valence-electron chi connectivity index (χ1n) is 7.12. The standard InChI is InChI=1S/C17H15ClN2O3S/c1-21-14-7-6-12(9-15(14)22-2)16-19-20-17(23-16)24-10-11-4-3-5-13(18)8-11/h3-9H,10H2,1-2H3. The minimum absolute atomic E-state index is 0.435. The van der Waals surface area contributed by atoms with E-state index in [1.54, 1.807) is 26.4 Å². The van der Waals surface area contributed by atoms with Crippen molar-refractivity contribution in [1.82, 2.24) is 10.2 Å². The Bertz CT molecular complexity index is 838. The van der Waals surface area contributed by atoms with Crippen molar-refractivity contribution in [2.24, 2.45) is 0 Å². The van der Waals surface area contributed by atoms with Gasteiger partial charge in [-0.1, -0.05) is 35.5 Å². The average Bonchev–Trinajstić information content (AvgIpc) is 3.08. The van der Waals surface area contributed by atoms with Crippen LogP contribution in [-0.2, 0) is 5.75 Å². The molecule has 3 aromatic rings. The van der Waals surface area contributed by atoms with Crippen LogP contribution in [0.25, 0.3) is 11.5 Å². The van der Waals surface area contributed by atoms with Gasteiger partial charge in [0.05, 0.1) is 14.2 Å². The Balaban J connectivity index is 1.73. The second-order valence-electron chi connectivity index (χ2n) is 4.86. The topological polar surface area (TPSA) is 57.4 Å². The van der Waals surface area contributed by atoms with Gasteiger partial charge in [-0.25, -0.2) is 0 Å². The van der Waals surface area contributed by atoms with Gasteiger partial charge < -0.3 is 13.9 Å². The number of hydrogen-bond acceptors (Lipinski definition) is 6. The lowest BCUT2D eigenvalue weighted by Gasteiger charge is -2.07. The minimum Gasteiger partial charge on any atom is -0.493 e. The Kier molecular flexibility index (Phi) is 5.27. The fourth-order valence-electron chi connectivity index (χ4n) is 2.13. The molecule has 0 N–H and O–H groups in total. The van der Waals surface area contributed by atoms with Crippen LogP contribution < -0.4 is 9.47 Å². The number of halogens is 1. The summed E-state index contributed by atoms with van der Waals surface area (Å²) in [5.74, 6) is 2.40. The maximum Gasteiger partial charge on any atom is 0.277 e. The summed E-state index contributed by atoms with van der Waals surface area (Å²) >= 11 is 7.44. The largest absolute Gasteiger partial charge is 0.493 e. The zero-order valence-corrected chi connectivity index (χ0v) is 14.7. The van der Waals surface area contributed by atoms with Crippen molar-refractivity contribution >= 4 is 23.4 Å². The number of methoxy groups -OCH3 is 2. The van der Waals surface area contributed by atoms with E-state index in [-0.39, 0.29) is 0 Å². The Morgan fingerprint density at radius 3 is 2.62 bits per heavy atom. The molecular formula is C17H15ClN2O3S. The van der Waals surface area contributed by atoms with Gasteiger partial charge >= 0.3 is 0 Å². The van der Waals surface area contributed by atoms with Crippen molar-refractivity contribution in [3.63, 3.8) is 0 Å². The summed E-state index contributed by atoms with van der Waals surface area (Å²) < 4.78 is 16.2. The summed E-state index contributed by atoms with van der Waals surface area (Å²) in [6, 6.07) is 13.1. The van der Waals surface area contributed by atoms with Crippen molar-refractivity contribution in [1.29, 1.82) is 0 Å². The van der Waals surface area contributed by atoms with Crippen molar-refractivity contribution in [2.45, 2.75) is 11.0 Å². The van der Waals surface area contributed by atoms with Gasteiger partial charge in [-0.15, -0.1) is 10.2 Å². The predicted molar refractivity (Wildman–Crippen MR) is 93.9 cm³/mol. The van der Waals surface area contributed by atoms with E-state index < -0.39 is 0 Å². The lowest BCUT2D eigenvalue weighted by Crippen LogP contribution is -1.90. The first-order valence-corrected chi connectivity index (χ1v) is 8.49. The highest BCUT2D eigenvalue weighted by atomic mass is 35.5. The minimum atomic E-state index is 0.435. The molecule has 0 atom stereocenters. The third-order valence-electron chi connectivity index (χ3n) is 3.29. The van der Waals surface area contributed by atoms with Crippen molar-refractivity contribution in [3.05, 3.63) is 53.1 Å². The molecule has 0 unspecified atom stereocenters. The highest BCUT2D eigenvalue weighted by Crippen LogP contribution is 2.33. The summed E-state index contributed by atoms with van der Waals surface area (Å²) in [5, 5.41) is 9.37. The highest BCUT2D eigenvalue weighted by Gasteiger charge is 2.12. The molecule has 2 aromatic carbocycles. The molecule has 0 aliphatic heterocycles. The molecule has 1 aromatic heterocycles. The van der Waals surface area contributed by atoms with Crippen LogP contribution in [-0.4, -0.2) is 24.4 Å². The summed E-state index contributed by atoms with van der Waals surface area (Å²) in [5.41, 5.74) is 1.87. The normalized spacial score (nSPS) is 10.6. The van der Waals surface area contributed by atoms with Gasteiger partial charge in [-0.2, -0.15) is 0 Å². The number of rotatable bonds is 6. The Hall–Kier alpha value is -2.18. The maximum atomic E-state index is 5.98. The average molecular weight is 363 g/mol. The molecule has 0 amide bonds. The van der Waals surface area contributed by atoms with Crippen LogP contribution in [0.5, 0.6) is 11.5 Å². The molecule has 0 aliphatic carbocycles. The SMILES string of the molecule is COc1ccc(-c2nnc(SCc3cccc(Cl)c3)o2)cc1OC. The lowest BCUT2D eigenvalue weighted by atomic mass is 10.2. The smallest absolute Gasteiger partial charge is 0.277 e. The van der Waals surface area contributed by atoms with Gasteiger partial charge in [0.15, 0.2) is 11.5 Å². The molecule has 0 saturated carbocycles. The molecule has 0 radical (unpaired) electrons. The third-order valence-corrected chi connectivity index (χ3v) is 4.41. The Morgan fingerprint density at radius 2 is 1.88 bits per heavy atom. The second kappa shape index (κ2) is 7.59. The van der Waals surface area contributed by atoms with Crippen LogP contribution in [0, 0.1) is 0 Å². The van der Waals surface area contributed by atoms with E-state index in [4.69, 9.17) is 25.5 Å². The summed E-state index contributed by atoms with van der Waals surface area (Å²) in [6.45, 7) is 0. The molecular weight excluding hydrogens is 348 g/mol. The van der Waals surface area contributed by atoms with Gasteiger partial charge in [-0.3, -0.25) is 0 Å². The van der Waals surface area contributed by atoms with Crippen molar-refractivity contribution < 1.29 is 13.9 Å². The molecule has 1 heterocycles. The molecule has 24 heavy (non-hydrogen) atoms. The number of thioether (sulfide) groups is 1. The lowest BCUT2D eigenvalue weighted by molar-refractivity contribution is 0.355. The number of benzene rings is 2. The Labute approximate surface area is 148 Å². The van der Waals surface area contributed by atoms with Gasteiger partial charge in [-0.05, 0) is 35.9 Å². The van der Waals surface area contributed by atoms with Crippen molar-refractivity contribution in [3.8, 4) is 23.0 Å². The molecule has 0 fully saturated rings. The number of hydrogen-bond donors (Lipinski definition) is 0. The number of ether oxygens (including phenoxy) is 2. The van der Waals surface area contributed by atoms with Crippen LogP contribution in [0.15, 0.2) is 52.1 Å². The molecule has 124 valence electrons. The molecule has 0 aliphatic rings. The fraction of sp³-hybridized carbons (Fsp3) is 0.176. The molecule has 5 nitrogen and oxygen atoms in total. The fourth-order valence-corrected chi connectivity index (χ4v) is 3.04. The highest BCUT2D eigenvalue weighted by molar-refractivity contribution is 7.98. The molecule has 0 saturated heterocycles. The van der Waals surface area contributed by atoms with E-state index in [0.717, 1.165) is 11.1 Å². The molecule has 3 rings (SSSR count). The first kappa shape index (κ1) is 16.7. The van der Waals surface area contributed by atoms with E-state index in [1.165, 1.54) is 11.8 Å². The number of aromatic nitrogens is 2. The summed E-state index contributed by atoms with van der Waals surface area (Å²) in [4.78, 5) is 0. The Morgan fingerprint density at radius 1 is 1.04 bits per heavy atom. The van der Waals surface area contributed by atoms with Gasteiger partial charge in [0, 0.05) is 16.3 Å².